The topological polar surface area (TPSA) is 35.0 Å². The molecule has 0 N–H and O–H groups in total. The third-order valence-corrected chi connectivity index (χ3v) is 4.10. The summed E-state index contributed by atoms with van der Waals surface area (Å²) in [5.74, 6) is 0.956. The van der Waals surface area contributed by atoms with Crippen LogP contribution in [0, 0.1) is 6.92 Å². The van der Waals surface area contributed by atoms with Crippen LogP contribution in [0.2, 0.25) is 15.2 Å². The summed E-state index contributed by atoms with van der Waals surface area (Å²) < 4.78 is 5.69. The normalized spacial score (nSPS) is 12.3. The second-order valence-corrected chi connectivity index (χ2v) is 6.07. The van der Waals surface area contributed by atoms with Crippen molar-refractivity contribution in [2.24, 2.45) is 0 Å². The Morgan fingerprint density at radius 3 is 2.29 bits per heavy atom. The third kappa shape index (κ3) is 3.79. The van der Waals surface area contributed by atoms with E-state index in [0.29, 0.717) is 26.8 Å². The van der Waals surface area contributed by atoms with Gasteiger partial charge in [0.25, 0.3) is 0 Å². The van der Waals surface area contributed by atoms with E-state index >= 15 is 0 Å². The Bertz CT molecular complexity index is 638. The van der Waals surface area contributed by atoms with E-state index in [2.05, 4.69) is 24.0 Å². The fraction of sp³-hybridized carbons (Fsp3) is 0.333. The van der Waals surface area contributed by atoms with Crippen molar-refractivity contribution in [3.63, 3.8) is 0 Å². The number of aryl methyl sites for hydroxylation is 1. The van der Waals surface area contributed by atoms with Crippen LogP contribution < -0.4 is 4.74 Å². The van der Waals surface area contributed by atoms with E-state index in [1.54, 1.807) is 18.2 Å². The van der Waals surface area contributed by atoms with Crippen molar-refractivity contribution in [3.05, 3.63) is 44.5 Å². The summed E-state index contributed by atoms with van der Waals surface area (Å²) in [5.41, 5.74) is 1.85. The van der Waals surface area contributed by atoms with Crippen molar-refractivity contribution in [1.82, 2.24) is 10.2 Å². The van der Waals surface area contributed by atoms with E-state index in [4.69, 9.17) is 39.5 Å². The Hall–Kier alpha value is -1.03. The van der Waals surface area contributed by atoms with Crippen molar-refractivity contribution < 1.29 is 4.74 Å². The minimum atomic E-state index is 0.263. The van der Waals surface area contributed by atoms with Gasteiger partial charge in [-0.1, -0.05) is 48.7 Å². The highest BCUT2D eigenvalue weighted by molar-refractivity contribution is 6.37. The molecule has 1 aromatic heterocycles. The molecule has 0 saturated carbocycles. The van der Waals surface area contributed by atoms with E-state index in [1.807, 2.05) is 6.92 Å². The molecule has 0 bridgehead atoms. The van der Waals surface area contributed by atoms with Crippen molar-refractivity contribution in [2.45, 2.75) is 33.1 Å². The number of nitrogens with zero attached hydrogens (tertiary/aromatic N) is 2. The Kier molecular flexibility index (Phi) is 5.31. The molecule has 1 atom stereocenters. The van der Waals surface area contributed by atoms with E-state index in [0.717, 1.165) is 17.5 Å². The Balaban J connectivity index is 2.37. The van der Waals surface area contributed by atoms with Gasteiger partial charge in [0.05, 0.1) is 10.0 Å². The molecule has 0 aliphatic rings. The highest BCUT2D eigenvalue weighted by atomic mass is 35.5. The molecular formula is C15H15Cl3N2O. The van der Waals surface area contributed by atoms with Gasteiger partial charge in [-0.2, -0.15) is 0 Å². The smallest absolute Gasteiger partial charge is 0.239 e. The Morgan fingerprint density at radius 1 is 1.10 bits per heavy atom. The summed E-state index contributed by atoms with van der Waals surface area (Å²) >= 11 is 18.4. The van der Waals surface area contributed by atoms with E-state index in [-0.39, 0.29) is 5.92 Å². The first kappa shape index (κ1) is 16.3. The summed E-state index contributed by atoms with van der Waals surface area (Å²) in [6.45, 7) is 6.05. The van der Waals surface area contributed by atoms with Crippen LogP contribution >= 0.6 is 34.8 Å². The third-order valence-electron chi connectivity index (χ3n) is 3.25. The van der Waals surface area contributed by atoms with Gasteiger partial charge in [0.15, 0.2) is 10.9 Å². The van der Waals surface area contributed by atoms with Gasteiger partial charge in [-0.05, 0) is 42.5 Å². The van der Waals surface area contributed by atoms with E-state index in [9.17, 15) is 0 Å². The maximum absolute atomic E-state index is 6.16. The molecule has 2 rings (SSSR count). The van der Waals surface area contributed by atoms with Crippen LogP contribution in [-0.4, -0.2) is 10.2 Å². The summed E-state index contributed by atoms with van der Waals surface area (Å²) in [6, 6.07) is 5.33. The van der Waals surface area contributed by atoms with Gasteiger partial charge in [-0.15, -0.1) is 10.2 Å². The predicted octanol–water partition coefficient (Wildman–Crippen LogP) is 6.05. The van der Waals surface area contributed by atoms with Crippen LogP contribution in [0.15, 0.2) is 18.2 Å². The fourth-order valence-electron chi connectivity index (χ4n) is 1.88. The van der Waals surface area contributed by atoms with Crippen molar-refractivity contribution in [1.29, 1.82) is 0 Å². The van der Waals surface area contributed by atoms with Crippen LogP contribution in [0.25, 0.3) is 0 Å². The molecule has 0 spiro atoms. The molecule has 112 valence electrons. The van der Waals surface area contributed by atoms with Gasteiger partial charge >= 0.3 is 0 Å². The minimum absolute atomic E-state index is 0.263. The SMILES string of the molecule is CCC(C)c1cc(Oc2c(Cl)cc(C)cc2Cl)nnc1Cl. The van der Waals surface area contributed by atoms with Crippen molar-refractivity contribution >= 4 is 34.8 Å². The molecule has 2 aromatic rings. The van der Waals surface area contributed by atoms with Crippen LogP contribution in [0.1, 0.15) is 37.3 Å². The number of halogens is 3. The lowest BCUT2D eigenvalue weighted by molar-refractivity contribution is 0.453. The molecule has 1 aromatic carbocycles. The minimum Gasteiger partial charge on any atom is -0.434 e. The predicted molar refractivity (Wildman–Crippen MR) is 87.0 cm³/mol. The molecule has 0 amide bonds. The Labute approximate surface area is 139 Å². The molecule has 6 heteroatoms. The lowest BCUT2D eigenvalue weighted by Crippen LogP contribution is -1.99. The number of benzene rings is 1. The summed E-state index contributed by atoms with van der Waals surface area (Å²) in [7, 11) is 0. The highest BCUT2D eigenvalue weighted by Crippen LogP contribution is 2.37. The first-order valence-corrected chi connectivity index (χ1v) is 7.72. The number of aromatic nitrogens is 2. The zero-order valence-corrected chi connectivity index (χ0v) is 14.2. The molecular weight excluding hydrogens is 331 g/mol. The molecule has 0 fully saturated rings. The molecule has 0 saturated heterocycles. The standard InChI is InChI=1S/C15H15Cl3N2O/c1-4-9(3)10-7-13(19-20-15(10)18)21-14-11(16)5-8(2)6-12(14)17/h5-7,9H,4H2,1-3H3. The van der Waals surface area contributed by atoms with Crippen LogP contribution in [0.3, 0.4) is 0 Å². The van der Waals surface area contributed by atoms with Gasteiger partial charge in [-0.25, -0.2) is 0 Å². The van der Waals surface area contributed by atoms with Crippen LogP contribution in [0.5, 0.6) is 11.6 Å². The van der Waals surface area contributed by atoms with Gasteiger partial charge in [0.1, 0.15) is 0 Å². The van der Waals surface area contributed by atoms with Gasteiger partial charge in [-0.3, -0.25) is 0 Å². The van der Waals surface area contributed by atoms with Crippen LogP contribution in [-0.2, 0) is 0 Å². The number of rotatable bonds is 4. The maximum atomic E-state index is 6.16. The molecule has 0 radical (unpaired) electrons. The van der Waals surface area contributed by atoms with E-state index in [1.165, 1.54) is 0 Å². The Morgan fingerprint density at radius 2 is 1.71 bits per heavy atom. The van der Waals surface area contributed by atoms with E-state index < -0.39 is 0 Å². The molecule has 3 nitrogen and oxygen atoms in total. The maximum Gasteiger partial charge on any atom is 0.239 e. The first-order chi connectivity index (χ1) is 9.92. The second kappa shape index (κ2) is 6.82. The molecule has 1 unspecified atom stereocenters. The second-order valence-electron chi connectivity index (χ2n) is 4.90. The zero-order valence-electron chi connectivity index (χ0n) is 12.0. The quantitative estimate of drug-likeness (QED) is 0.676. The number of ether oxygens (including phenoxy) is 1. The average Bonchev–Trinajstić information content (AvgIpc) is 2.43. The molecule has 21 heavy (non-hydrogen) atoms. The summed E-state index contributed by atoms with van der Waals surface area (Å²) in [5, 5.41) is 9.11. The van der Waals surface area contributed by atoms with Crippen molar-refractivity contribution in [3.8, 4) is 11.6 Å². The molecule has 0 aliphatic heterocycles. The molecule has 1 heterocycles. The highest BCUT2D eigenvalue weighted by Gasteiger charge is 2.15. The van der Waals surface area contributed by atoms with Gasteiger partial charge in [0.2, 0.25) is 5.88 Å². The van der Waals surface area contributed by atoms with Crippen LogP contribution in [0.4, 0.5) is 0 Å². The van der Waals surface area contributed by atoms with Gasteiger partial charge in [0, 0.05) is 6.07 Å². The molecule has 0 aliphatic carbocycles. The lowest BCUT2D eigenvalue weighted by Gasteiger charge is -2.13. The largest absolute Gasteiger partial charge is 0.434 e. The summed E-state index contributed by atoms with van der Waals surface area (Å²) in [6.07, 6.45) is 0.941. The lowest BCUT2D eigenvalue weighted by atomic mass is 10.0. The summed E-state index contributed by atoms with van der Waals surface area (Å²) in [4.78, 5) is 0. The average molecular weight is 346 g/mol. The first-order valence-electron chi connectivity index (χ1n) is 6.59. The fourth-order valence-corrected chi connectivity index (χ4v) is 2.83. The zero-order chi connectivity index (χ0) is 15.6. The monoisotopic (exact) mass is 344 g/mol. The van der Waals surface area contributed by atoms with Gasteiger partial charge < -0.3 is 4.74 Å². The number of hydrogen-bond acceptors (Lipinski definition) is 3. The number of hydrogen-bond donors (Lipinski definition) is 0. The van der Waals surface area contributed by atoms with Crippen molar-refractivity contribution in [2.75, 3.05) is 0 Å².